The van der Waals surface area contributed by atoms with E-state index >= 15 is 0 Å². The molecule has 2 aromatic carbocycles. The van der Waals surface area contributed by atoms with Gasteiger partial charge >= 0.3 is 6.03 Å². The monoisotopic (exact) mass is 471 g/mol. The molecule has 2 N–H and O–H groups in total. The quantitative estimate of drug-likeness (QED) is 0.636. The van der Waals surface area contributed by atoms with Crippen LogP contribution in [0.25, 0.3) is 0 Å². The number of para-hydroxylation sites is 1. The highest BCUT2D eigenvalue weighted by atomic mass is 32.2. The molecule has 2 aromatic rings. The zero-order chi connectivity index (χ0) is 22.2. The second-order valence-corrected chi connectivity index (χ2v) is 10.6. The maximum absolute atomic E-state index is 12.6. The van der Waals surface area contributed by atoms with E-state index in [0.29, 0.717) is 17.7 Å². The molecule has 0 saturated carbocycles. The lowest BCUT2D eigenvalue weighted by Gasteiger charge is -2.32. The van der Waals surface area contributed by atoms with Crippen LogP contribution in [0, 0.1) is 0 Å². The predicted molar refractivity (Wildman–Crippen MR) is 132 cm³/mol. The summed E-state index contributed by atoms with van der Waals surface area (Å²) in [4.78, 5) is 26.5. The molecule has 32 heavy (non-hydrogen) atoms. The molecule has 6 nitrogen and oxygen atoms in total. The van der Waals surface area contributed by atoms with Gasteiger partial charge in [-0.1, -0.05) is 30.3 Å². The molecule has 0 atom stereocenters. The number of thioether (sulfide) groups is 2. The molecular formula is C24H29N3O3S2. The Labute approximate surface area is 197 Å². The summed E-state index contributed by atoms with van der Waals surface area (Å²) in [6.07, 6.45) is 2.75. The number of nitrogens with zero attached hydrogens (tertiary/aromatic N) is 1. The zero-order valence-electron chi connectivity index (χ0n) is 18.0. The Morgan fingerprint density at radius 2 is 1.66 bits per heavy atom. The van der Waals surface area contributed by atoms with E-state index in [2.05, 4.69) is 22.8 Å². The highest BCUT2D eigenvalue weighted by Crippen LogP contribution is 2.43. The Morgan fingerprint density at radius 3 is 2.34 bits per heavy atom. The molecule has 170 valence electrons. The van der Waals surface area contributed by atoms with Crippen molar-refractivity contribution in [3.8, 4) is 5.75 Å². The number of benzene rings is 2. The van der Waals surface area contributed by atoms with E-state index in [1.54, 1.807) is 0 Å². The summed E-state index contributed by atoms with van der Waals surface area (Å²) in [7, 11) is 0. The molecule has 3 amide bonds. The average molecular weight is 472 g/mol. The van der Waals surface area contributed by atoms with E-state index in [4.69, 9.17) is 4.74 Å². The molecule has 2 fully saturated rings. The van der Waals surface area contributed by atoms with Crippen molar-refractivity contribution in [2.45, 2.75) is 29.9 Å². The Kier molecular flexibility index (Phi) is 8.23. The van der Waals surface area contributed by atoms with Gasteiger partial charge in [-0.05, 0) is 60.6 Å². The minimum Gasteiger partial charge on any atom is -0.484 e. The third kappa shape index (κ3) is 6.59. The summed E-state index contributed by atoms with van der Waals surface area (Å²) in [5.41, 5.74) is 2.07. The van der Waals surface area contributed by atoms with Gasteiger partial charge in [0, 0.05) is 24.8 Å². The van der Waals surface area contributed by atoms with E-state index in [-0.39, 0.29) is 24.6 Å². The molecule has 0 spiro atoms. The van der Waals surface area contributed by atoms with Crippen LogP contribution >= 0.6 is 23.5 Å². The Bertz CT molecular complexity index is 881. The molecule has 2 heterocycles. The van der Waals surface area contributed by atoms with Crippen molar-refractivity contribution in [1.29, 1.82) is 0 Å². The number of amides is 3. The van der Waals surface area contributed by atoms with Crippen LogP contribution in [0.3, 0.4) is 0 Å². The molecule has 4 rings (SSSR count). The van der Waals surface area contributed by atoms with Gasteiger partial charge < -0.3 is 20.3 Å². The van der Waals surface area contributed by atoms with Gasteiger partial charge in [0.15, 0.2) is 6.61 Å². The first-order valence-electron chi connectivity index (χ1n) is 11.0. The minimum atomic E-state index is -0.210. The third-order valence-corrected chi connectivity index (χ3v) is 8.57. The van der Waals surface area contributed by atoms with Crippen LogP contribution in [-0.2, 0) is 4.79 Å². The fourth-order valence-electron chi connectivity index (χ4n) is 3.79. The highest BCUT2D eigenvalue weighted by Gasteiger charge is 2.24. The lowest BCUT2D eigenvalue weighted by atomic mass is 10.1. The maximum Gasteiger partial charge on any atom is 0.319 e. The summed E-state index contributed by atoms with van der Waals surface area (Å²) in [5.74, 6) is 3.14. The number of anilines is 1. The largest absolute Gasteiger partial charge is 0.484 e. The van der Waals surface area contributed by atoms with Gasteiger partial charge in [0.25, 0.3) is 5.91 Å². The SMILES string of the molecule is O=C(Nc1ccccc1)NC1CCN(C(=O)COc2ccc(C3SCCCS3)cc2)CC1. The van der Waals surface area contributed by atoms with E-state index in [9.17, 15) is 9.59 Å². The molecule has 2 aliphatic rings. The van der Waals surface area contributed by atoms with Crippen molar-refractivity contribution in [2.75, 3.05) is 36.5 Å². The van der Waals surface area contributed by atoms with Crippen LogP contribution in [0.5, 0.6) is 5.75 Å². The molecule has 0 aromatic heterocycles. The summed E-state index contributed by atoms with van der Waals surface area (Å²) < 4.78 is 6.24. The number of nitrogens with one attached hydrogen (secondary N) is 2. The zero-order valence-corrected chi connectivity index (χ0v) is 19.6. The first kappa shape index (κ1) is 22.9. The van der Waals surface area contributed by atoms with Crippen molar-refractivity contribution in [1.82, 2.24) is 10.2 Å². The molecule has 2 aliphatic heterocycles. The third-order valence-electron chi connectivity index (χ3n) is 5.56. The number of carbonyl (C=O) groups excluding carboxylic acids is 2. The summed E-state index contributed by atoms with van der Waals surface area (Å²) in [6.45, 7) is 1.28. The molecule has 0 bridgehead atoms. The standard InChI is InChI=1S/C24H29N3O3S2/c28-22(17-30-21-9-7-18(8-10-21)23-31-15-4-16-32-23)27-13-11-20(12-14-27)26-24(29)25-19-5-2-1-3-6-19/h1-3,5-10,20,23H,4,11-17H2,(H2,25,26,29). The lowest BCUT2D eigenvalue weighted by Crippen LogP contribution is -2.48. The Morgan fingerprint density at radius 1 is 0.969 bits per heavy atom. The van der Waals surface area contributed by atoms with E-state index in [0.717, 1.165) is 24.3 Å². The minimum absolute atomic E-state index is 0.0142. The number of carbonyl (C=O) groups is 2. The second kappa shape index (κ2) is 11.5. The number of urea groups is 1. The Hall–Kier alpha value is -2.32. The maximum atomic E-state index is 12.6. The second-order valence-electron chi connectivity index (χ2n) is 7.90. The van der Waals surface area contributed by atoms with Crippen LogP contribution < -0.4 is 15.4 Å². The summed E-state index contributed by atoms with van der Waals surface area (Å²) in [5, 5.41) is 5.83. The number of ether oxygens (including phenoxy) is 1. The Balaban J connectivity index is 1.16. The van der Waals surface area contributed by atoms with Crippen molar-refractivity contribution >= 4 is 41.1 Å². The van der Waals surface area contributed by atoms with Crippen molar-refractivity contribution < 1.29 is 14.3 Å². The smallest absolute Gasteiger partial charge is 0.319 e. The van der Waals surface area contributed by atoms with Gasteiger partial charge in [-0.2, -0.15) is 0 Å². The van der Waals surface area contributed by atoms with E-state index in [1.165, 1.54) is 23.5 Å². The van der Waals surface area contributed by atoms with Gasteiger partial charge in [0.1, 0.15) is 5.75 Å². The first-order valence-corrected chi connectivity index (χ1v) is 13.1. The molecule has 0 aliphatic carbocycles. The van der Waals surface area contributed by atoms with Crippen LogP contribution in [0.2, 0.25) is 0 Å². The normalized spacial score (nSPS) is 17.6. The molecule has 8 heteroatoms. The first-order chi connectivity index (χ1) is 15.7. The number of hydrogen-bond donors (Lipinski definition) is 2. The fraction of sp³-hybridized carbons (Fsp3) is 0.417. The van der Waals surface area contributed by atoms with Crippen LogP contribution in [0.4, 0.5) is 10.5 Å². The van der Waals surface area contributed by atoms with Gasteiger partial charge in [-0.3, -0.25) is 4.79 Å². The number of rotatable bonds is 6. The molecule has 0 unspecified atom stereocenters. The van der Waals surface area contributed by atoms with Crippen molar-refractivity contribution in [3.05, 3.63) is 60.2 Å². The average Bonchev–Trinajstić information content (AvgIpc) is 2.84. The van der Waals surface area contributed by atoms with Gasteiger partial charge in [0.05, 0.1) is 4.58 Å². The number of hydrogen-bond acceptors (Lipinski definition) is 5. The molecular weight excluding hydrogens is 442 g/mol. The fourth-order valence-corrected chi connectivity index (χ4v) is 6.68. The van der Waals surface area contributed by atoms with Crippen molar-refractivity contribution in [2.24, 2.45) is 0 Å². The van der Waals surface area contributed by atoms with Crippen molar-refractivity contribution in [3.63, 3.8) is 0 Å². The van der Waals surface area contributed by atoms with Crippen LogP contribution in [0.15, 0.2) is 54.6 Å². The van der Waals surface area contributed by atoms with E-state index in [1.807, 2.05) is 70.9 Å². The molecule has 2 saturated heterocycles. The molecule has 0 radical (unpaired) electrons. The van der Waals surface area contributed by atoms with Gasteiger partial charge in [-0.25, -0.2) is 4.79 Å². The number of likely N-dealkylation sites (tertiary alicyclic amines) is 1. The summed E-state index contributed by atoms with van der Waals surface area (Å²) in [6, 6.07) is 17.3. The van der Waals surface area contributed by atoms with E-state index < -0.39 is 0 Å². The summed E-state index contributed by atoms with van der Waals surface area (Å²) >= 11 is 3.99. The van der Waals surface area contributed by atoms with Gasteiger partial charge in [0.2, 0.25) is 0 Å². The van der Waals surface area contributed by atoms with Gasteiger partial charge in [-0.15, -0.1) is 23.5 Å². The predicted octanol–water partition coefficient (Wildman–Crippen LogP) is 4.75. The topological polar surface area (TPSA) is 70.7 Å². The number of piperidine rings is 1. The highest BCUT2D eigenvalue weighted by molar-refractivity contribution is 8.16. The lowest BCUT2D eigenvalue weighted by molar-refractivity contribution is -0.134. The van der Waals surface area contributed by atoms with Crippen LogP contribution in [0.1, 0.15) is 29.4 Å². The van der Waals surface area contributed by atoms with Crippen LogP contribution in [-0.4, -0.2) is 54.1 Å².